The Labute approximate surface area is 152 Å². The smallest absolute Gasteiger partial charge is 0.153 e. The summed E-state index contributed by atoms with van der Waals surface area (Å²) in [5.74, 6) is 2.09. The number of aryl methyl sites for hydroxylation is 3. The zero-order valence-corrected chi connectivity index (χ0v) is 15.3. The van der Waals surface area contributed by atoms with Crippen molar-refractivity contribution in [2.24, 2.45) is 7.05 Å². The number of hydrogen-bond donors (Lipinski definition) is 0. The highest BCUT2D eigenvalue weighted by Gasteiger charge is 2.16. The molecule has 4 rings (SSSR count). The van der Waals surface area contributed by atoms with Gasteiger partial charge in [0.05, 0.1) is 17.4 Å². The Bertz CT molecular complexity index is 1040. The summed E-state index contributed by atoms with van der Waals surface area (Å²) >= 11 is 0. The Morgan fingerprint density at radius 1 is 1.08 bits per heavy atom. The number of nitrogens with zero attached hydrogens (tertiary/aromatic N) is 6. The molecule has 6 heteroatoms. The fourth-order valence-corrected chi connectivity index (χ4v) is 3.08. The van der Waals surface area contributed by atoms with E-state index in [0.717, 1.165) is 41.1 Å². The summed E-state index contributed by atoms with van der Waals surface area (Å²) in [5.41, 5.74) is 3.12. The summed E-state index contributed by atoms with van der Waals surface area (Å²) < 4.78 is 3.79. The maximum atomic E-state index is 4.81. The molecule has 0 N–H and O–H groups in total. The molecule has 4 aromatic rings. The molecule has 132 valence electrons. The van der Waals surface area contributed by atoms with Gasteiger partial charge in [0.15, 0.2) is 5.82 Å². The molecule has 0 aliphatic heterocycles. The number of para-hydroxylation sites is 1. The summed E-state index contributed by atoms with van der Waals surface area (Å²) in [5, 5.41) is 10.1. The zero-order chi connectivity index (χ0) is 18.1. The van der Waals surface area contributed by atoms with Crippen LogP contribution in [0.4, 0.5) is 0 Å². The van der Waals surface area contributed by atoms with Crippen LogP contribution >= 0.6 is 0 Å². The molecule has 6 nitrogen and oxygen atoms in total. The minimum Gasteiger partial charge on any atom is -0.276 e. The SMILES string of the molecule is CC(C)c1nc(CCc2cnn(C)c2)n(-c2cccc3cccnc23)n1. The summed E-state index contributed by atoms with van der Waals surface area (Å²) in [4.78, 5) is 9.38. The average Bonchev–Trinajstić information content (AvgIpc) is 3.25. The number of aromatic nitrogens is 6. The Hall–Kier alpha value is -3.02. The van der Waals surface area contributed by atoms with Crippen molar-refractivity contribution in [3.63, 3.8) is 0 Å². The van der Waals surface area contributed by atoms with Crippen LogP contribution in [-0.2, 0) is 19.9 Å². The van der Waals surface area contributed by atoms with Crippen molar-refractivity contribution in [2.45, 2.75) is 32.6 Å². The van der Waals surface area contributed by atoms with Gasteiger partial charge in [-0.3, -0.25) is 9.67 Å². The highest BCUT2D eigenvalue weighted by atomic mass is 15.4. The zero-order valence-electron chi connectivity index (χ0n) is 15.3. The Kier molecular flexibility index (Phi) is 4.24. The Morgan fingerprint density at radius 2 is 1.92 bits per heavy atom. The number of fused-ring (bicyclic) bond motifs is 1. The number of pyridine rings is 1. The summed E-state index contributed by atoms with van der Waals surface area (Å²) in [7, 11) is 1.94. The van der Waals surface area contributed by atoms with E-state index in [9.17, 15) is 0 Å². The van der Waals surface area contributed by atoms with Gasteiger partial charge in [0, 0.05) is 37.2 Å². The Balaban J connectivity index is 1.76. The topological polar surface area (TPSA) is 61.4 Å². The van der Waals surface area contributed by atoms with Crippen LogP contribution in [0.3, 0.4) is 0 Å². The van der Waals surface area contributed by atoms with E-state index in [-0.39, 0.29) is 5.92 Å². The first-order valence-electron chi connectivity index (χ1n) is 8.89. The fourth-order valence-electron chi connectivity index (χ4n) is 3.08. The van der Waals surface area contributed by atoms with E-state index in [0.29, 0.717) is 0 Å². The van der Waals surface area contributed by atoms with Gasteiger partial charge in [-0.05, 0) is 24.1 Å². The van der Waals surface area contributed by atoms with E-state index >= 15 is 0 Å². The maximum absolute atomic E-state index is 4.81. The molecule has 3 heterocycles. The van der Waals surface area contributed by atoms with Gasteiger partial charge in [0.2, 0.25) is 0 Å². The molecular formula is C20H22N6. The molecule has 1 aromatic carbocycles. The molecule has 0 saturated carbocycles. The van der Waals surface area contributed by atoms with E-state index in [2.05, 4.69) is 42.1 Å². The quantitative estimate of drug-likeness (QED) is 0.555. The largest absolute Gasteiger partial charge is 0.276 e. The molecule has 0 saturated heterocycles. The van der Waals surface area contributed by atoms with Gasteiger partial charge in [-0.2, -0.15) is 10.2 Å². The van der Waals surface area contributed by atoms with Crippen molar-refractivity contribution < 1.29 is 0 Å². The average molecular weight is 346 g/mol. The van der Waals surface area contributed by atoms with Crippen LogP contribution in [0.15, 0.2) is 48.9 Å². The first-order valence-corrected chi connectivity index (χ1v) is 8.89. The van der Waals surface area contributed by atoms with Crippen LogP contribution in [-0.4, -0.2) is 29.5 Å². The van der Waals surface area contributed by atoms with E-state index in [1.165, 1.54) is 5.56 Å². The van der Waals surface area contributed by atoms with E-state index in [4.69, 9.17) is 10.1 Å². The lowest BCUT2D eigenvalue weighted by Gasteiger charge is -2.08. The predicted molar refractivity (Wildman–Crippen MR) is 101 cm³/mol. The van der Waals surface area contributed by atoms with Crippen molar-refractivity contribution in [3.05, 3.63) is 66.1 Å². The highest BCUT2D eigenvalue weighted by molar-refractivity contribution is 5.86. The molecule has 0 bridgehead atoms. The second-order valence-corrected chi connectivity index (χ2v) is 6.83. The third-order valence-electron chi connectivity index (χ3n) is 4.44. The molecule has 0 spiro atoms. The van der Waals surface area contributed by atoms with Crippen molar-refractivity contribution in [3.8, 4) is 5.69 Å². The van der Waals surface area contributed by atoms with Gasteiger partial charge >= 0.3 is 0 Å². The lowest BCUT2D eigenvalue weighted by Crippen LogP contribution is -2.06. The van der Waals surface area contributed by atoms with Gasteiger partial charge in [-0.1, -0.05) is 32.0 Å². The van der Waals surface area contributed by atoms with Gasteiger partial charge in [0.25, 0.3) is 0 Å². The molecule has 0 atom stereocenters. The standard InChI is InChI=1S/C20H22N6/c1-14(2)20-23-18(10-9-15-12-22-25(3)13-15)26(24-20)17-8-4-6-16-7-5-11-21-19(16)17/h4-8,11-14H,9-10H2,1-3H3. The normalized spacial score (nSPS) is 11.5. The lowest BCUT2D eigenvalue weighted by atomic mass is 10.1. The van der Waals surface area contributed by atoms with E-state index in [1.807, 2.05) is 47.1 Å². The summed E-state index contributed by atoms with van der Waals surface area (Å²) in [6.45, 7) is 4.23. The molecule has 26 heavy (non-hydrogen) atoms. The molecule has 0 fully saturated rings. The number of benzene rings is 1. The van der Waals surface area contributed by atoms with Gasteiger partial charge in [-0.15, -0.1) is 0 Å². The van der Waals surface area contributed by atoms with Crippen LogP contribution in [0.25, 0.3) is 16.6 Å². The second-order valence-electron chi connectivity index (χ2n) is 6.83. The van der Waals surface area contributed by atoms with Gasteiger partial charge in [-0.25, -0.2) is 9.67 Å². The van der Waals surface area contributed by atoms with Crippen LogP contribution in [0.5, 0.6) is 0 Å². The number of rotatable bonds is 5. The predicted octanol–water partition coefficient (Wildman–Crippen LogP) is 3.46. The number of hydrogen-bond acceptors (Lipinski definition) is 4. The Morgan fingerprint density at radius 3 is 2.69 bits per heavy atom. The van der Waals surface area contributed by atoms with Crippen molar-refractivity contribution in [1.29, 1.82) is 0 Å². The molecular weight excluding hydrogens is 324 g/mol. The van der Waals surface area contributed by atoms with E-state index < -0.39 is 0 Å². The third-order valence-corrected chi connectivity index (χ3v) is 4.44. The molecule has 0 amide bonds. The second kappa shape index (κ2) is 6.71. The summed E-state index contributed by atoms with van der Waals surface area (Å²) in [6.07, 6.45) is 7.45. The van der Waals surface area contributed by atoms with Gasteiger partial charge in [0.1, 0.15) is 5.82 Å². The van der Waals surface area contributed by atoms with E-state index in [1.54, 1.807) is 0 Å². The third kappa shape index (κ3) is 3.10. The van der Waals surface area contributed by atoms with Crippen LogP contribution in [0, 0.1) is 0 Å². The molecule has 0 aliphatic carbocycles. The minimum atomic E-state index is 0.274. The fraction of sp³-hybridized carbons (Fsp3) is 0.300. The molecule has 0 unspecified atom stereocenters. The van der Waals surface area contributed by atoms with Crippen LogP contribution in [0.2, 0.25) is 0 Å². The van der Waals surface area contributed by atoms with Crippen molar-refractivity contribution >= 4 is 10.9 Å². The monoisotopic (exact) mass is 346 g/mol. The molecule has 0 radical (unpaired) electrons. The first-order chi connectivity index (χ1) is 12.6. The first kappa shape index (κ1) is 16.4. The van der Waals surface area contributed by atoms with Crippen LogP contribution < -0.4 is 0 Å². The minimum absolute atomic E-state index is 0.274. The molecule has 3 aromatic heterocycles. The lowest BCUT2D eigenvalue weighted by molar-refractivity contribution is 0.743. The maximum Gasteiger partial charge on any atom is 0.153 e. The summed E-state index contributed by atoms with van der Waals surface area (Å²) in [6, 6.07) is 10.2. The van der Waals surface area contributed by atoms with Crippen LogP contribution in [0.1, 0.15) is 37.0 Å². The van der Waals surface area contributed by atoms with Gasteiger partial charge < -0.3 is 0 Å². The highest BCUT2D eigenvalue weighted by Crippen LogP contribution is 2.22. The molecule has 0 aliphatic rings. The van der Waals surface area contributed by atoms with Crippen molar-refractivity contribution in [2.75, 3.05) is 0 Å². The van der Waals surface area contributed by atoms with Crippen molar-refractivity contribution in [1.82, 2.24) is 29.5 Å².